The Labute approximate surface area is 125 Å². The molecule has 0 saturated heterocycles. The molecule has 5 heteroatoms. The maximum Gasteiger partial charge on any atom is 0.150 e. The molecule has 0 bridgehead atoms. The second kappa shape index (κ2) is 5.66. The first-order valence-corrected chi connectivity index (χ1v) is 6.73. The normalized spacial score (nSPS) is 10.8. The highest BCUT2D eigenvalue weighted by atomic mass is 35.5. The van der Waals surface area contributed by atoms with Crippen molar-refractivity contribution in [3.63, 3.8) is 0 Å². The molecule has 0 aliphatic carbocycles. The molecular formula is C16H11ClF2N2. The molecule has 2 aromatic carbocycles. The van der Waals surface area contributed by atoms with E-state index < -0.39 is 11.6 Å². The minimum atomic E-state index is -0.706. The third-order valence-electron chi connectivity index (χ3n) is 3.14. The zero-order chi connectivity index (χ0) is 14.8. The van der Waals surface area contributed by atoms with Gasteiger partial charge < -0.3 is 5.32 Å². The highest BCUT2D eigenvalue weighted by molar-refractivity contribution is 6.33. The van der Waals surface area contributed by atoms with Crippen LogP contribution in [0, 0.1) is 11.6 Å². The summed E-state index contributed by atoms with van der Waals surface area (Å²) in [5.74, 6) is -1.40. The number of nitrogens with one attached hydrogen (secondary N) is 1. The Morgan fingerprint density at radius 2 is 1.95 bits per heavy atom. The lowest BCUT2D eigenvalue weighted by Crippen LogP contribution is -2.02. The van der Waals surface area contributed by atoms with Crippen molar-refractivity contribution in [2.24, 2.45) is 0 Å². The summed E-state index contributed by atoms with van der Waals surface area (Å²) in [6, 6.07) is 11.5. The van der Waals surface area contributed by atoms with Gasteiger partial charge in [-0.3, -0.25) is 4.98 Å². The first kappa shape index (κ1) is 13.8. The molecular weight excluding hydrogens is 294 g/mol. The summed E-state index contributed by atoms with van der Waals surface area (Å²) in [6.45, 7) is 0.382. The van der Waals surface area contributed by atoms with Crippen LogP contribution in [-0.2, 0) is 6.54 Å². The second-order valence-corrected chi connectivity index (χ2v) is 5.04. The van der Waals surface area contributed by atoms with Gasteiger partial charge in [0.1, 0.15) is 5.82 Å². The van der Waals surface area contributed by atoms with Crippen molar-refractivity contribution in [2.45, 2.75) is 6.54 Å². The van der Waals surface area contributed by atoms with Crippen molar-refractivity contribution in [3.05, 3.63) is 70.9 Å². The molecule has 1 N–H and O–H groups in total. The van der Waals surface area contributed by atoms with Gasteiger partial charge in [0.25, 0.3) is 0 Å². The third kappa shape index (κ3) is 2.95. The summed E-state index contributed by atoms with van der Waals surface area (Å²) in [6.07, 6.45) is 1.73. The molecule has 2 nitrogen and oxygen atoms in total. The molecule has 0 aliphatic heterocycles. The van der Waals surface area contributed by atoms with Gasteiger partial charge in [0.05, 0.1) is 16.2 Å². The van der Waals surface area contributed by atoms with Gasteiger partial charge >= 0.3 is 0 Å². The highest BCUT2D eigenvalue weighted by Crippen LogP contribution is 2.27. The standard InChI is InChI=1S/C16H11ClF2N2/c17-13-7-12(18)8-14(19)16(13)21-9-10-3-4-15-11(6-10)2-1-5-20-15/h1-8,21H,9H2. The van der Waals surface area contributed by atoms with Crippen molar-refractivity contribution < 1.29 is 8.78 Å². The molecule has 0 spiro atoms. The van der Waals surface area contributed by atoms with Gasteiger partial charge in [0.15, 0.2) is 5.82 Å². The topological polar surface area (TPSA) is 24.9 Å². The molecule has 0 atom stereocenters. The van der Waals surface area contributed by atoms with Crippen LogP contribution in [0.4, 0.5) is 14.5 Å². The van der Waals surface area contributed by atoms with Crippen LogP contribution in [0.2, 0.25) is 5.02 Å². The molecule has 106 valence electrons. The monoisotopic (exact) mass is 304 g/mol. The van der Waals surface area contributed by atoms with Gasteiger partial charge in [-0.15, -0.1) is 0 Å². The Kier molecular flexibility index (Phi) is 3.71. The summed E-state index contributed by atoms with van der Waals surface area (Å²) in [5.41, 5.74) is 1.95. The molecule has 0 unspecified atom stereocenters. The zero-order valence-electron chi connectivity index (χ0n) is 10.9. The van der Waals surface area contributed by atoms with Crippen molar-refractivity contribution >= 4 is 28.2 Å². The minimum absolute atomic E-state index is 0.0231. The van der Waals surface area contributed by atoms with Crippen LogP contribution >= 0.6 is 11.6 Å². The first-order chi connectivity index (χ1) is 10.1. The molecule has 0 amide bonds. The molecule has 1 aromatic heterocycles. The van der Waals surface area contributed by atoms with Crippen LogP contribution in [0.25, 0.3) is 10.9 Å². The SMILES string of the molecule is Fc1cc(F)c(NCc2ccc3ncccc3c2)c(Cl)c1. The molecule has 3 aromatic rings. The van der Waals surface area contributed by atoms with E-state index in [-0.39, 0.29) is 10.7 Å². The Morgan fingerprint density at radius 1 is 1.10 bits per heavy atom. The number of aromatic nitrogens is 1. The minimum Gasteiger partial charge on any atom is -0.377 e. The Bertz CT molecular complexity index is 782. The first-order valence-electron chi connectivity index (χ1n) is 6.35. The average molecular weight is 305 g/mol. The number of rotatable bonds is 3. The number of anilines is 1. The molecule has 0 radical (unpaired) electrons. The molecule has 3 rings (SSSR count). The fraction of sp³-hybridized carbons (Fsp3) is 0.0625. The number of hydrogen-bond acceptors (Lipinski definition) is 2. The molecule has 0 fully saturated rings. The number of pyridine rings is 1. The van der Waals surface area contributed by atoms with Crippen molar-refractivity contribution in [1.82, 2.24) is 4.98 Å². The Balaban J connectivity index is 1.83. The molecule has 1 heterocycles. The van der Waals surface area contributed by atoms with E-state index in [9.17, 15) is 8.78 Å². The van der Waals surface area contributed by atoms with Crippen LogP contribution in [0.5, 0.6) is 0 Å². The predicted octanol–water partition coefficient (Wildman–Crippen LogP) is 4.78. The Morgan fingerprint density at radius 3 is 2.76 bits per heavy atom. The van der Waals surface area contributed by atoms with E-state index >= 15 is 0 Å². The zero-order valence-corrected chi connectivity index (χ0v) is 11.7. The highest BCUT2D eigenvalue weighted by Gasteiger charge is 2.09. The number of halogens is 3. The van der Waals surface area contributed by atoms with E-state index in [0.29, 0.717) is 6.54 Å². The van der Waals surface area contributed by atoms with Crippen LogP contribution < -0.4 is 5.32 Å². The molecule has 0 saturated carbocycles. The summed E-state index contributed by atoms with van der Waals surface area (Å²) < 4.78 is 26.7. The van der Waals surface area contributed by atoms with Crippen LogP contribution in [0.15, 0.2) is 48.7 Å². The lowest BCUT2D eigenvalue weighted by atomic mass is 10.1. The number of hydrogen-bond donors (Lipinski definition) is 1. The fourth-order valence-corrected chi connectivity index (χ4v) is 2.40. The van der Waals surface area contributed by atoms with Gasteiger partial charge in [-0.2, -0.15) is 0 Å². The van der Waals surface area contributed by atoms with E-state index in [2.05, 4.69) is 10.3 Å². The number of nitrogens with zero attached hydrogens (tertiary/aromatic N) is 1. The van der Waals surface area contributed by atoms with Crippen molar-refractivity contribution in [3.8, 4) is 0 Å². The maximum absolute atomic E-state index is 13.7. The van der Waals surface area contributed by atoms with Crippen LogP contribution in [-0.4, -0.2) is 4.98 Å². The van der Waals surface area contributed by atoms with Gasteiger partial charge in [0.2, 0.25) is 0 Å². The smallest absolute Gasteiger partial charge is 0.150 e. The third-order valence-corrected chi connectivity index (χ3v) is 3.44. The van der Waals surface area contributed by atoms with Gasteiger partial charge in [0, 0.05) is 24.2 Å². The van der Waals surface area contributed by atoms with Crippen molar-refractivity contribution in [2.75, 3.05) is 5.32 Å². The lowest BCUT2D eigenvalue weighted by Gasteiger charge is -2.10. The average Bonchev–Trinajstić information content (AvgIpc) is 2.46. The van der Waals surface area contributed by atoms with E-state index in [1.807, 2.05) is 30.3 Å². The van der Waals surface area contributed by atoms with Crippen molar-refractivity contribution in [1.29, 1.82) is 0 Å². The van der Waals surface area contributed by atoms with E-state index in [4.69, 9.17) is 11.6 Å². The summed E-state index contributed by atoms with van der Waals surface area (Å²) in [7, 11) is 0. The predicted molar refractivity (Wildman–Crippen MR) is 80.4 cm³/mol. The summed E-state index contributed by atoms with van der Waals surface area (Å²) in [5, 5.41) is 3.92. The number of benzene rings is 2. The quantitative estimate of drug-likeness (QED) is 0.753. The largest absolute Gasteiger partial charge is 0.377 e. The molecule has 21 heavy (non-hydrogen) atoms. The van der Waals surface area contributed by atoms with E-state index in [0.717, 1.165) is 28.6 Å². The van der Waals surface area contributed by atoms with Gasteiger partial charge in [-0.25, -0.2) is 8.78 Å². The van der Waals surface area contributed by atoms with Gasteiger partial charge in [-0.05, 0) is 29.8 Å². The maximum atomic E-state index is 13.7. The summed E-state index contributed by atoms with van der Waals surface area (Å²) >= 11 is 5.84. The van der Waals surface area contributed by atoms with Crippen LogP contribution in [0.3, 0.4) is 0 Å². The van der Waals surface area contributed by atoms with Crippen LogP contribution in [0.1, 0.15) is 5.56 Å². The lowest BCUT2D eigenvalue weighted by molar-refractivity contribution is 0.585. The fourth-order valence-electron chi connectivity index (χ4n) is 2.14. The van der Waals surface area contributed by atoms with E-state index in [1.165, 1.54) is 0 Å². The Hall–Kier alpha value is -2.20. The number of fused-ring (bicyclic) bond motifs is 1. The summed E-state index contributed by atoms with van der Waals surface area (Å²) in [4.78, 5) is 4.24. The van der Waals surface area contributed by atoms with Gasteiger partial charge in [-0.1, -0.05) is 23.7 Å². The second-order valence-electron chi connectivity index (χ2n) is 4.63. The molecule has 0 aliphatic rings. The van der Waals surface area contributed by atoms with E-state index in [1.54, 1.807) is 6.20 Å².